The molecule has 0 aromatic carbocycles. The van der Waals surface area contributed by atoms with Crippen LogP contribution >= 0.6 is 0 Å². The molecule has 0 aliphatic carbocycles. The third kappa shape index (κ3) is 6.37. The third-order valence-electron chi connectivity index (χ3n) is 4.91. The summed E-state index contributed by atoms with van der Waals surface area (Å²) < 4.78 is 18.0. The van der Waals surface area contributed by atoms with Crippen molar-refractivity contribution in [2.24, 2.45) is 0 Å². The SMILES string of the molecule is CCO[Si](CN1CCN(CCN2CCCC2)CC1)(OCC)OCC. The number of hydrogen-bond donors (Lipinski definition) is 0. The lowest BCUT2D eigenvalue weighted by atomic mass is 10.3. The number of nitrogens with zero attached hydrogens (tertiary/aromatic N) is 3. The van der Waals surface area contributed by atoms with Crippen LogP contribution in [0.15, 0.2) is 0 Å². The second-order valence-electron chi connectivity index (χ2n) is 6.65. The van der Waals surface area contributed by atoms with Gasteiger partial charge in [0.15, 0.2) is 0 Å². The van der Waals surface area contributed by atoms with Crippen molar-refractivity contribution in [3.63, 3.8) is 0 Å². The van der Waals surface area contributed by atoms with E-state index in [1.165, 1.54) is 39.0 Å². The van der Waals surface area contributed by atoms with Gasteiger partial charge >= 0.3 is 8.80 Å². The highest BCUT2D eigenvalue weighted by atomic mass is 28.4. The van der Waals surface area contributed by atoms with Crippen LogP contribution in [-0.4, -0.2) is 102 Å². The van der Waals surface area contributed by atoms with Crippen molar-refractivity contribution in [2.45, 2.75) is 33.6 Å². The first-order valence-electron chi connectivity index (χ1n) is 9.80. The first kappa shape index (κ1) is 20.3. The molecule has 2 fully saturated rings. The molecule has 0 atom stereocenters. The lowest BCUT2D eigenvalue weighted by molar-refractivity contribution is 0.0466. The van der Waals surface area contributed by atoms with Crippen LogP contribution in [0.2, 0.25) is 0 Å². The van der Waals surface area contributed by atoms with Crippen molar-refractivity contribution < 1.29 is 13.3 Å². The summed E-state index contributed by atoms with van der Waals surface area (Å²) in [6.45, 7) is 17.5. The van der Waals surface area contributed by atoms with Crippen molar-refractivity contribution >= 4 is 8.80 Å². The molecule has 2 aliphatic heterocycles. The van der Waals surface area contributed by atoms with Crippen LogP contribution in [0.4, 0.5) is 0 Å². The Morgan fingerprint density at radius 2 is 1.04 bits per heavy atom. The normalized spacial score (nSPS) is 21.6. The van der Waals surface area contributed by atoms with Gasteiger partial charge < -0.3 is 18.2 Å². The van der Waals surface area contributed by atoms with Crippen LogP contribution in [0.25, 0.3) is 0 Å². The average molecular weight is 360 g/mol. The van der Waals surface area contributed by atoms with Gasteiger partial charge in [-0.05, 0) is 46.7 Å². The topological polar surface area (TPSA) is 37.4 Å². The van der Waals surface area contributed by atoms with Crippen LogP contribution in [0, 0.1) is 0 Å². The summed E-state index contributed by atoms with van der Waals surface area (Å²) in [7, 11) is -2.55. The lowest BCUT2D eigenvalue weighted by Gasteiger charge is -2.39. The molecule has 0 unspecified atom stereocenters. The molecule has 0 saturated carbocycles. The molecule has 0 bridgehead atoms. The number of piperazine rings is 1. The zero-order valence-corrected chi connectivity index (χ0v) is 17.0. The molecule has 0 aromatic rings. The second kappa shape index (κ2) is 10.9. The summed E-state index contributed by atoms with van der Waals surface area (Å²) in [4.78, 5) is 7.67. The first-order valence-corrected chi connectivity index (χ1v) is 11.7. The van der Waals surface area contributed by atoms with Gasteiger partial charge in [-0.3, -0.25) is 9.80 Å². The molecule has 0 aromatic heterocycles. The van der Waals surface area contributed by atoms with Gasteiger partial charge in [0.2, 0.25) is 0 Å². The van der Waals surface area contributed by atoms with Crippen LogP contribution < -0.4 is 0 Å². The molecular formula is C17H37N3O3Si. The van der Waals surface area contributed by atoms with Crippen molar-refractivity contribution in [1.82, 2.24) is 14.7 Å². The Morgan fingerprint density at radius 1 is 0.625 bits per heavy atom. The molecule has 2 saturated heterocycles. The van der Waals surface area contributed by atoms with Gasteiger partial charge in [0.05, 0.1) is 6.17 Å². The van der Waals surface area contributed by atoms with E-state index in [2.05, 4.69) is 14.7 Å². The Balaban J connectivity index is 1.74. The highest BCUT2D eigenvalue weighted by Crippen LogP contribution is 2.14. The molecule has 0 N–H and O–H groups in total. The van der Waals surface area contributed by atoms with Crippen molar-refractivity contribution in [3.05, 3.63) is 0 Å². The van der Waals surface area contributed by atoms with E-state index in [9.17, 15) is 0 Å². The third-order valence-corrected chi connectivity index (χ3v) is 7.93. The summed E-state index contributed by atoms with van der Waals surface area (Å²) in [5, 5.41) is 0. The fourth-order valence-electron chi connectivity index (χ4n) is 3.66. The van der Waals surface area contributed by atoms with E-state index in [-0.39, 0.29) is 0 Å². The molecule has 0 radical (unpaired) electrons. The molecule has 6 nitrogen and oxygen atoms in total. The Bertz CT molecular complexity index is 318. The van der Waals surface area contributed by atoms with E-state index in [0.29, 0.717) is 19.8 Å². The summed E-state index contributed by atoms with van der Waals surface area (Å²) in [6.07, 6.45) is 3.59. The molecular weight excluding hydrogens is 322 g/mol. The molecule has 24 heavy (non-hydrogen) atoms. The number of hydrogen-bond acceptors (Lipinski definition) is 6. The molecule has 2 rings (SSSR count). The number of likely N-dealkylation sites (tertiary alicyclic amines) is 1. The van der Waals surface area contributed by atoms with Crippen LogP contribution in [0.3, 0.4) is 0 Å². The van der Waals surface area contributed by atoms with Crippen molar-refractivity contribution in [2.75, 3.05) is 78.3 Å². The molecule has 0 spiro atoms. The van der Waals surface area contributed by atoms with E-state index >= 15 is 0 Å². The minimum absolute atomic E-state index is 0.655. The quantitative estimate of drug-likeness (QED) is 0.518. The maximum Gasteiger partial charge on any atom is 0.515 e. The molecule has 7 heteroatoms. The van der Waals surface area contributed by atoms with E-state index in [4.69, 9.17) is 13.3 Å². The van der Waals surface area contributed by atoms with E-state index in [1.807, 2.05) is 20.8 Å². The summed E-state index contributed by atoms with van der Waals surface area (Å²) in [5.41, 5.74) is 0. The van der Waals surface area contributed by atoms with E-state index in [1.54, 1.807) is 0 Å². The maximum absolute atomic E-state index is 5.99. The molecule has 0 amide bonds. The summed E-state index contributed by atoms with van der Waals surface area (Å²) in [6, 6.07) is 0. The average Bonchev–Trinajstić information content (AvgIpc) is 3.08. The molecule has 142 valence electrons. The zero-order valence-electron chi connectivity index (χ0n) is 16.0. The lowest BCUT2D eigenvalue weighted by Crippen LogP contribution is -2.59. The van der Waals surface area contributed by atoms with Gasteiger partial charge in [0.1, 0.15) is 0 Å². The smallest absolute Gasteiger partial charge is 0.373 e. The first-order chi connectivity index (χ1) is 11.7. The zero-order chi connectivity index (χ0) is 17.3. The highest BCUT2D eigenvalue weighted by Gasteiger charge is 2.42. The van der Waals surface area contributed by atoms with E-state index in [0.717, 1.165) is 32.3 Å². The van der Waals surface area contributed by atoms with Gasteiger partial charge in [0, 0.05) is 59.1 Å². The van der Waals surface area contributed by atoms with Gasteiger partial charge in [-0.2, -0.15) is 0 Å². The molecule has 2 aliphatic rings. The standard InChI is InChI=1S/C17H37N3O3Si/c1-4-21-24(22-5-2,23-6-3)17-20-15-13-19(14-16-20)12-11-18-9-7-8-10-18/h4-17H2,1-3H3. The van der Waals surface area contributed by atoms with Gasteiger partial charge in [-0.1, -0.05) is 0 Å². The van der Waals surface area contributed by atoms with Crippen LogP contribution in [0.1, 0.15) is 33.6 Å². The summed E-state index contributed by atoms with van der Waals surface area (Å²) >= 11 is 0. The fraction of sp³-hybridized carbons (Fsp3) is 1.00. The highest BCUT2D eigenvalue weighted by molar-refractivity contribution is 6.60. The van der Waals surface area contributed by atoms with Crippen LogP contribution in [0.5, 0.6) is 0 Å². The Labute approximate surface area is 149 Å². The Kier molecular flexibility index (Phi) is 9.18. The Hall–Kier alpha value is -0.0231. The minimum atomic E-state index is -2.55. The van der Waals surface area contributed by atoms with Gasteiger partial charge in [0.25, 0.3) is 0 Å². The predicted molar refractivity (Wildman–Crippen MR) is 99.2 cm³/mol. The fourth-order valence-corrected chi connectivity index (χ4v) is 6.36. The largest absolute Gasteiger partial charge is 0.515 e. The van der Waals surface area contributed by atoms with E-state index < -0.39 is 8.80 Å². The van der Waals surface area contributed by atoms with Crippen molar-refractivity contribution in [1.29, 1.82) is 0 Å². The van der Waals surface area contributed by atoms with Gasteiger partial charge in [-0.15, -0.1) is 0 Å². The van der Waals surface area contributed by atoms with Crippen molar-refractivity contribution in [3.8, 4) is 0 Å². The maximum atomic E-state index is 5.99. The minimum Gasteiger partial charge on any atom is -0.373 e. The monoisotopic (exact) mass is 359 g/mol. The predicted octanol–water partition coefficient (Wildman–Crippen LogP) is 1.29. The second-order valence-corrected chi connectivity index (χ2v) is 9.20. The number of rotatable bonds is 11. The van der Waals surface area contributed by atoms with Crippen LogP contribution in [-0.2, 0) is 13.3 Å². The molecule has 2 heterocycles. The Morgan fingerprint density at radius 3 is 1.50 bits per heavy atom. The van der Waals surface area contributed by atoms with Gasteiger partial charge in [-0.25, -0.2) is 0 Å². The summed E-state index contributed by atoms with van der Waals surface area (Å²) in [5.74, 6) is 0.